The number of imidazole rings is 1. The lowest BCUT2D eigenvalue weighted by atomic mass is 10.0. The molecule has 3 rings (SSSR count). The Morgan fingerprint density at radius 3 is 2.74 bits per heavy atom. The Morgan fingerprint density at radius 1 is 1.26 bits per heavy atom. The van der Waals surface area contributed by atoms with Crippen molar-refractivity contribution in [1.82, 2.24) is 14.5 Å². The fraction of sp³-hybridized carbons (Fsp3) is 0.348. The van der Waals surface area contributed by atoms with Crippen molar-refractivity contribution in [2.75, 3.05) is 0 Å². The fourth-order valence-corrected chi connectivity index (χ4v) is 3.41. The Labute approximate surface area is 161 Å². The molecule has 0 atom stereocenters. The normalized spacial score (nSPS) is 13.1. The lowest BCUT2D eigenvalue weighted by Crippen LogP contribution is -2.11. The molecule has 140 valence electrons. The predicted octanol–water partition coefficient (Wildman–Crippen LogP) is 5.63. The second-order valence-corrected chi connectivity index (χ2v) is 7.48. The van der Waals surface area contributed by atoms with E-state index in [0.29, 0.717) is 5.92 Å². The maximum absolute atomic E-state index is 4.94. The van der Waals surface area contributed by atoms with Gasteiger partial charge in [0.15, 0.2) is 0 Å². The van der Waals surface area contributed by atoms with Crippen molar-refractivity contribution in [1.29, 1.82) is 0 Å². The first-order chi connectivity index (χ1) is 12.9. The minimum atomic E-state index is 0.401. The van der Waals surface area contributed by atoms with Gasteiger partial charge in [-0.3, -0.25) is 9.98 Å². The fourth-order valence-electron chi connectivity index (χ4n) is 3.41. The molecule has 0 radical (unpaired) electrons. The number of aromatic nitrogens is 3. The maximum Gasteiger partial charge on any atom is 0.110 e. The molecular formula is C23H28N4. The molecular weight excluding hydrogens is 332 g/mol. The summed E-state index contributed by atoms with van der Waals surface area (Å²) in [6.07, 6.45) is 5.61. The first kappa shape index (κ1) is 19.0. The minimum Gasteiger partial charge on any atom is -0.331 e. The third-order valence-corrected chi connectivity index (χ3v) is 4.77. The van der Waals surface area contributed by atoms with Gasteiger partial charge in [0.25, 0.3) is 0 Å². The van der Waals surface area contributed by atoms with Gasteiger partial charge < -0.3 is 4.57 Å². The highest BCUT2D eigenvalue weighted by Gasteiger charge is 2.13. The van der Waals surface area contributed by atoms with Crippen molar-refractivity contribution >= 4 is 27.6 Å². The molecule has 0 N–H and O–H groups in total. The van der Waals surface area contributed by atoms with E-state index >= 15 is 0 Å². The van der Waals surface area contributed by atoms with E-state index in [0.717, 1.165) is 51.9 Å². The Bertz CT molecular complexity index is 1050. The second kappa shape index (κ2) is 7.87. The molecule has 4 heteroatoms. The Hall–Kier alpha value is -2.75. The van der Waals surface area contributed by atoms with Crippen LogP contribution in [0, 0.1) is 5.92 Å². The standard InChI is InChI=1S/C23H28N4/c1-15(2)14-17(5)25-19(16(3)4)10-12-22-26-23-18-8-7-13-24-20(18)9-11-21(23)27(22)6/h7-9,11,13-14,16H,1,10,12H2,2-6H3/b17-14-,25-19-. The highest BCUT2D eigenvalue weighted by atomic mass is 15.1. The van der Waals surface area contributed by atoms with Gasteiger partial charge in [0.05, 0.1) is 16.6 Å². The molecule has 0 spiro atoms. The Balaban J connectivity index is 1.91. The van der Waals surface area contributed by atoms with Crippen LogP contribution >= 0.6 is 0 Å². The van der Waals surface area contributed by atoms with Crippen LogP contribution < -0.4 is 0 Å². The lowest BCUT2D eigenvalue weighted by molar-refractivity contribution is 0.776. The van der Waals surface area contributed by atoms with Crippen molar-refractivity contribution in [2.24, 2.45) is 18.0 Å². The number of rotatable bonds is 6. The Kier molecular flexibility index (Phi) is 5.54. The molecule has 27 heavy (non-hydrogen) atoms. The van der Waals surface area contributed by atoms with E-state index in [4.69, 9.17) is 9.98 Å². The first-order valence-electron chi connectivity index (χ1n) is 9.47. The summed E-state index contributed by atoms with van der Waals surface area (Å²) in [5, 5.41) is 1.11. The van der Waals surface area contributed by atoms with Crippen LogP contribution in [0.2, 0.25) is 0 Å². The lowest BCUT2D eigenvalue weighted by Gasteiger charge is -2.11. The average Bonchev–Trinajstić information content (AvgIpc) is 2.94. The molecule has 0 aliphatic rings. The number of nitrogens with zero attached hydrogens (tertiary/aromatic N) is 4. The largest absolute Gasteiger partial charge is 0.331 e. The molecule has 0 fully saturated rings. The molecule has 2 heterocycles. The number of aliphatic imine (C=N–C) groups is 1. The van der Waals surface area contributed by atoms with Crippen LogP contribution in [0.15, 0.2) is 59.4 Å². The van der Waals surface area contributed by atoms with E-state index in [1.807, 2.05) is 32.2 Å². The Morgan fingerprint density at radius 2 is 2.04 bits per heavy atom. The third-order valence-electron chi connectivity index (χ3n) is 4.77. The van der Waals surface area contributed by atoms with Crippen molar-refractivity contribution in [3.05, 3.63) is 60.2 Å². The number of hydrogen-bond donors (Lipinski definition) is 0. The first-order valence-corrected chi connectivity index (χ1v) is 9.47. The highest BCUT2D eigenvalue weighted by Crippen LogP contribution is 2.24. The van der Waals surface area contributed by atoms with Gasteiger partial charge in [-0.15, -0.1) is 0 Å². The molecule has 0 saturated heterocycles. The summed E-state index contributed by atoms with van der Waals surface area (Å²) in [4.78, 5) is 14.2. The van der Waals surface area contributed by atoms with Crippen LogP contribution in [0.1, 0.15) is 39.9 Å². The van der Waals surface area contributed by atoms with Crippen LogP contribution in [-0.2, 0) is 13.5 Å². The van der Waals surface area contributed by atoms with E-state index in [9.17, 15) is 0 Å². The van der Waals surface area contributed by atoms with Crippen LogP contribution in [0.25, 0.3) is 21.9 Å². The summed E-state index contributed by atoms with van der Waals surface area (Å²) in [6.45, 7) is 12.4. The SMILES string of the molecule is C=C(C)/C=C(C)\N=C(\CCc1nc2c3cccnc3ccc2n1C)C(C)C. The third kappa shape index (κ3) is 4.16. The van der Waals surface area contributed by atoms with Gasteiger partial charge in [-0.1, -0.05) is 26.0 Å². The molecule has 2 aromatic heterocycles. The highest BCUT2D eigenvalue weighted by molar-refractivity contribution is 6.02. The van der Waals surface area contributed by atoms with Gasteiger partial charge >= 0.3 is 0 Å². The van der Waals surface area contributed by atoms with E-state index in [1.165, 1.54) is 5.71 Å². The predicted molar refractivity (Wildman–Crippen MR) is 115 cm³/mol. The van der Waals surface area contributed by atoms with Crippen LogP contribution in [-0.4, -0.2) is 20.2 Å². The average molecular weight is 361 g/mol. The van der Waals surface area contributed by atoms with E-state index in [1.54, 1.807) is 0 Å². The van der Waals surface area contributed by atoms with Crippen LogP contribution in [0.5, 0.6) is 0 Å². The zero-order chi connectivity index (χ0) is 19.6. The summed E-state index contributed by atoms with van der Waals surface area (Å²) in [7, 11) is 2.09. The zero-order valence-corrected chi connectivity index (χ0v) is 17.0. The van der Waals surface area contributed by atoms with Crippen molar-refractivity contribution in [3.8, 4) is 0 Å². The maximum atomic E-state index is 4.94. The molecule has 0 amide bonds. The van der Waals surface area contributed by atoms with Gasteiger partial charge in [0.1, 0.15) is 5.82 Å². The molecule has 0 aliphatic carbocycles. The number of aryl methyl sites for hydroxylation is 2. The number of benzene rings is 1. The van der Waals surface area contributed by atoms with Gasteiger partial charge in [0.2, 0.25) is 0 Å². The van der Waals surface area contributed by atoms with Crippen molar-refractivity contribution in [2.45, 2.75) is 40.5 Å². The quantitative estimate of drug-likeness (QED) is 0.422. The smallest absolute Gasteiger partial charge is 0.110 e. The van der Waals surface area contributed by atoms with Gasteiger partial charge in [0, 0.05) is 36.5 Å². The number of pyridine rings is 1. The molecule has 1 aromatic carbocycles. The van der Waals surface area contributed by atoms with Crippen LogP contribution in [0.3, 0.4) is 0 Å². The number of allylic oxidation sites excluding steroid dienone is 3. The summed E-state index contributed by atoms with van der Waals surface area (Å²) in [5.41, 5.74) is 6.39. The molecule has 3 aromatic rings. The monoisotopic (exact) mass is 360 g/mol. The van der Waals surface area contributed by atoms with Crippen molar-refractivity contribution in [3.63, 3.8) is 0 Å². The van der Waals surface area contributed by atoms with E-state index in [-0.39, 0.29) is 0 Å². The zero-order valence-electron chi connectivity index (χ0n) is 17.0. The second-order valence-electron chi connectivity index (χ2n) is 7.48. The summed E-state index contributed by atoms with van der Waals surface area (Å²) in [5.74, 6) is 1.48. The molecule has 0 aliphatic heterocycles. The van der Waals surface area contributed by atoms with Gasteiger partial charge in [-0.25, -0.2) is 4.98 Å². The molecule has 4 nitrogen and oxygen atoms in total. The molecule has 0 saturated carbocycles. The number of fused-ring (bicyclic) bond motifs is 3. The van der Waals surface area contributed by atoms with Gasteiger partial charge in [-0.2, -0.15) is 0 Å². The van der Waals surface area contributed by atoms with Crippen LogP contribution in [0.4, 0.5) is 0 Å². The minimum absolute atomic E-state index is 0.401. The topological polar surface area (TPSA) is 43.1 Å². The molecule has 0 bridgehead atoms. The van der Waals surface area contributed by atoms with E-state index < -0.39 is 0 Å². The summed E-state index contributed by atoms with van der Waals surface area (Å²) in [6, 6.07) is 8.23. The molecule has 0 unspecified atom stereocenters. The summed E-state index contributed by atoms with van der Waals surface area (Å²) >= 11 is 0. The van der Waals surface area contributed by atoms with E-state index in [2.05, 4.69) is 55.2 Å². The summed E-state index contributed by atoms with van der Waals surface area (Å²) < 4.78 is 2.19. The van der Waals surface area contributed by atoms with Crippen molar-refractivity contribution < 1.29 is 0 Å². The number of hydrogen-bond acceptors (Lipinski definition) is 3. The van der Waals surface area contributed by atoms with Gasteiger partial charge in [-0.05, 0) is 56.5 Å².